The number of rotatable bonds is 1. The fraction of sp³-hybridized carbons (Fsp3) is 0. The number of pyridine rings is 2. The molecule has 80 valence electrons. The maximum Gasteiger partial charge on any atom is 0.211 e. The van der Waals surface area contributed by atoms with Crippen LogP contribution in [0.2, 0.25) is 0 Å². The summed E-state index contributed by atoms with van der Waals surface area (Å²) >= 11 is 1.66. The van der Waals surface area contributed by atoms with E-state index < -0.39 is 0 Å². The molecule has 0 fully saturated rings. The van der Waals surface area contributed by atoms with E-state index in [9.17, 15) is 0 Å². The smallest absolute Gasteiger partial charge is 0.211 e. The van der Waals surface area contributed by atoms with Crippen LogP contribution in [0.25, 0.3) is 16.1 Å². The summed E-state index contributed by atoms with van der Waals surface area (Å²) in [5.74, 6) is 0. The van der Waals surface area contributed by atoms with E-state index in [2.05, 4.69) is 33.8 Å². The molecule has 0 unspecified atom stereocenters. The summed E-state index contributed by atoms with van der Waals surface area (Å²) in [6.45, 7) is 0. The van der Waals surface area contributed by atoms with Crippen LogP contribution in [0, 0.1) is 0 Å². The Morgan fingerprint density at radius 3 is 2.88 bits per heavy atom. The highest BCUT2D eigenvalue weighted by Crippen LogP contribution is 2.21. The van der Waals surface area contributed by atoms with E-state index in [0.29, 0.717) is 0 Å². The van der Waals surface area contributed by atoms with E-state index in [0.717, 1.165) is 5.01 Å². The molecule has 0 aliphatic rings. The van der Waals surface area contributed by atoms with E-state index in [1.807, 2.05) is 29.9 Å². The monoisotopic (exact) mass is 292 g/mol. The van der Waals surface area contributed by atoms with Gasteiger partial charge in [0.1, 0.15) is 5.01 Å². The standard InChI is InChI=1S/C12H9N2S.BrH/c1-2-6-14-7-4-10(9-11(14)3-1)12-13-5-8-15-12;/h1-9H;1H/q+1;/p-1. The zero-order valence-electron chi connectivity index (χ0n) is 8.38. The summed E-state index contributed by atoms with van der Waals surface area (Å²) in [7, 11) is 0. The van der Waals surface area contributed by atoms with Crippen molar-refractivity contribution in [1.82, 2.24) is 4.98 Å². The average Bonchev–Trinajstić information content (AvgIpc) is 2.82. The minimum Gasteiger partial charge on any atom is -1.00 e. The lowest BCUT2D eigenvalue weighted by Crippen LogP contribution is -3.00. The molecule has 0 saturated heterocycles. The number of hydrogen-bond acceptors (Lipinski definition) is 2. The number of thiazole rings is 1. The number of halogens is 1. The first-order chi connectivity index (χ1) is 7.43. The van der Waals surface area contributed by atoms with Gasteiger partial charge in [0.25, 0.3) is 0 Å². The minimum atomic E-state index is 0. The van der Waals surface area contributed by atoms with Gasteiger partial charge in [-0.05, 0) is 6.07 Å². The molecule has 0 spiro atoms. The Bertz CT molecular complexity index is 593. The van der Waals surface area contributed by atoms with Gasteiger partial charge in [-0.15, -0.1) is 11.3 Å². The minimum absolute atomic E-state index is 0. The van der Waals surface area contributed by atoms with Crippen LogP contribution in [0.15, 0.2) is 54.3 Å². The Labute approximate surface area is 108 Å². The Hall–Kier alpha value is -1.26. The van der Waals surface area contributed by atoms with Crippen LogP contribution in [0.5, 0.6) is 0 Å². The van der Waals surface area contributed by atoms with Crippen LogP contribution in [-0.4, -0.2) is 4.98 Å². The number of nitrogens with zero attached hydrogens (tertiary/aromatic N) is 2. The number of hydrogen-bond donors (Lipinski definition) is 0. The van der Waals surface area contributed by atoms with Gasteiger partial charge in [0.05, 0.1) is 0 Å². The Kier molecular flexibility index (Phi) is 3.31. The van der Waals surface area contributed by atoms with Crippen molar-refractivity contribution in [3.8, 4) is 10.6 Å². The Morgan fingerprint density at radius 1 is 1.12 bits per heavy atom. The second-order valence-electron chi connectivity index (χ2n) is 3.29. The first-order valence-electron chi connectivity index (χ1n) is 4.73. The molecule has 4 heteroatoms. The summed E-state index contributed by atoms with van der Waals surface area (Å²) in [6, 6.07) is 10.4. The maximum absolute atomic E-state index is 4.30. The van der Waals surface area contributed by atoms with Crippen LogP contribution in [0.3, 0.4) is 0 Å². The third-order valence-corrected chi connectivity index (χ3v) is 3.14. The van der Waals surface area contributed by atoms with Crippen molar-refractivity contribution < 1.29 is 21.4 Å². The lowest BCUT2D eigenvalue weighted by Gasteiger charge is -1.94. The molecular weight excluding hydrogens is 284 g/mol. The normalized spacial score (nSPS) is 10.0. The van der Waals surface area contributed by atoms with Crippen LogP contribution < -0.4 is 21.4 Å². The molecule has 0 aliphatic heterocycles. The second-order valence-corrected chi connectivity index (χ2v) is 4.18. The molecule has 0 saturated carbocycles. The predicted octanol–water partition coefficient (Wildman–Crippen LogP) is -0.447. The van der Waals surface area contributed by atoms with Crippen molar-refractivity contribution in [2.75, 3.05) is 0 Å². The van der Waals surface area contributed by atoms with Gasteiger partial charge < -0.3 is 17.0 Å². The highest BCUT2D eigenvalue weighted by Gasteiger charge is 2.05. The summed E-state index contributed by atoms with van der Waals surface area (Å²) < 4.78 is 2.09. The molecule has 0 N–H and O–H groups in total. The largest absolute Gasteiger partial charge is 1.00 e. The molecule has 2 nitrogen and oxygen atoms in total. The lowest BCUT2D eigenvalue weighted by atomic mass is 10.2. The molecule has 0 aromatic carbocycles. The van der Waals surface area contributed by atoms with Crippen molar-refractivity contribution >= 4 is 16.9 Å². The fourth-order valence-corrected chi connectivity index (χ4v) is 2.23. The van der Waals surface area contributed by atoms with Crippen LogP contribution in [0.1, 0.15) is 0 Å². The van der Waals surface area contributed by atoms with Crippen LogP contribution in [-0.2, 0) is 0 Å². The third-order valence-electron chi connectivity index (χ3n) is 2.32. The predicted molar refractivity (Wildman–Crippen MR) is 60.7 cm³/mol. The first kappa shape index (κ1) is 11.2. The molecule has 3 heterocycles. The Morgan fingerprint density at radius 2 is 2.06 bits per heavy atom. The van der Waals surface area contributed by atoms with Gasteiger partial charge in [0.2, 0.25) is 5.52 Å². The molecular formula is C12H9BrN2S. The highest BCUT2D eigenvalue weighted by atomic mass is 79.9. The maximum atomic E-state index is 4.30. The van der Waals surface area contributed by atoms with Gasteiger partial charge in [0, 0.05) is 41.4 Å². The van der Waals surface area contributed by atoms with E-state index in [-0.39, 0.29) is 17.0 Å². The molecule has 0 bridgehead atoms. The first-order valence-corrected chi connectivity index (χ1v) is 5.61. The quantitative estimate of drug-likeness (QED) is 0.556. The van der Waals surface area contributed by atoms with Crippen molar-refractivity contribution in [1.29, 1.82) is 0 Å². The third kappa shape index (κ3) is 1.99. The topological polar surface area (TPSA) is 17.0 Å². The van der Waals surface area contributed by atoms with Gasteiger partial charge in [-0.25, -0.2) is 4.98 Å². The van der Waals surface area contributed by atoms with Crippen molar-refractivity contribution in [2.45, 2.75) is 0 Å². The molecule has 0 amide bonds. The van der Waals surface area contributed by atoms with Crippen LogP contribution in [0.4, 0.5) is 0 Å². The van der Waals surface area contributed by atoms with E-state index in [4.69, 9.17) is 0 Å². The zero-order chi connectivity index (χ0) is 10.1. The van der Waals surface area contributed by atoms with Crippen molar-refractivity contribution in [3.05, 3.63) is 54.3 Å². The number of fused-ring (bicyclic) bond motifs is 1. The number of aromatic nitrogens is 2. The molecule has 3 aromatic heterocycles. The summed E-state index contributed by atoms with van der Waals surface area (Å²) in [6.07, 6.45) is 5.94. The lowest BCUT2D eigenvalue weighted by molar-refractivity contribution is -0.511. The molecule has 16 heavy (non-hydrogen) atoms. The van der Waals surface area contributed by atoms with Crippen LogP contribution >= 0.6 is 11.3 Å². The van der Waals surface area contributed by atoms with Gasteiger partial charge in [-0.3, -0.25) is 0 Å². The van der Waals surface area contributed by atoms with Gasteiger partial charge >= 0.3 is 0 Å². The molecule has 3 aromatic rings. The SMILES string of the molecule is [Br-].c1cc[n+]2ccc(-c3nccs3)cc2c1. The van der Waals surface area contributed by atoms with E-state index in [1.54, 1.807) is 11.3 Å². The highest BCUT2D eigenvalue weighted by molar-refractivity contribution is 7.13. The average molecular weight is 293 g/mol. The van der Waals surface area contributed by atoms with E-state index in [1.165, 1.54) is 11.1 Å². The summed E-state index contributed by atoms with van der Waals surface area (Å²) in [5.41, 5.74) is 2.36. The molecule has 3 rings (SSSR count). The van der Waals surface area contributed by atoms with Gasteiger partial charge in [-0.2, -0.15) is 4.40 Å². The molecule has 0 atom stereocenters. The van der Waals surface area contributed by atoms with Crippen molar-refractivity contribution in [3.63, 3.8) is 0 Å². The second kappa shape index (κ2) is 4.72. The summed E-state index contributed by atoms with van der Waals surface area (Å²) in [5, 5.41) is 3.07. The van der Waals surface area contributed by atoms with E-state index >= 15 is 0 Å². The molecule has 0 radical (unpaired) electrons. The fourth-order valence-electron chi connectivity index (χ4n) is 1.59. The Balaban J connectivity index is 0.000000963. The van der Waals surface area contributed by atoms with Gasteiger partial charge in [-0.1, -0.05) is 0 Å². The molecule has 0 aliphatic carbocycles. The van der Waals surface area contributed by atoms with Gasteiger partial charge in [0.15, 0.2) is 12.4 Å². The van der Waals surface area contributed by atoms with Crippen molar-refractivity contribution in [2.24, 2.45) is 0 Å². The zero-order valence-corrected chi connectivity index (χ0v) is 10.8. The summed E-state index contributed by atoms with van der Waals surface area (Å²) in [4.78, 5) is 4.30.